The summed E-state index contributed by atoms with van der Waals surface area (Å²) < 4.78 is 39.5. The molecule has 174 valence electrons. The fourth-order valence-corrected chi connectivity index (χ4v) is 3.70. The third kappa shape index (κ3) is 4.98. The van der Waals surface area contributed by atoms with Crippen LogP contribution in [0.2, 0.25) is 5.02 Å². The number of halogens is 3. The maximum Gasteiger partial charge on any atom is 0.283 e. The zero-order chi connectivity index (χ0) is 24.2. The van der Waals surface area contributed by atoms with Crippen LogP contribution in [0.3, 0.4) is 0 Å². The molecule has 0 bridgehead atoms. The first kappa shape index (κ1) is 24.2. The van der Waals surface area contributed by atoms with Crippen LogP contribution in [0.4, 0.5) is 14.5 Å². The van der Waals surface area contributed by atoms with Crippen molar-refractivity contribution in [3.8, 4) is 17.7 Å². The molecule has 1 aromatic heterocycles. The monoisotopic (exact) mass is 477 g/mol. The Hall–Kier alpha value is -3.45. The van der Waals surface area contributed by atoms with Crippen LogP contribution in [0.25, 0.3) is 0 Å². The van der Waals surface area contributed by atoms with Crippen LogP contribution in [-0.4, -0.2) is 41.0 Å². The molecule has 8 nitrogen and oxygen atoms in total. The first-order chi connectivity index (χ1) is 15.7. The van der Waals surface area contributed by atoms with E-state index in [1.807, 2.05) is 0 Å². The highest BCUT2D eigenvalue weighted by Crippen LogP contribution is 2.47. The molecule has 0 spiro atoms. The zero-order valence-corrected chi connectivity index (χ0v) is 18.9. The summed E-state index contributed by atoms with van der Waals surface area (Å²) in [6.07, 6.45) is -1.05. The van der Waals surface area contributed by atoms with Crippen molar-refractivity contribution in [3.05, 3.63) is 46.9 Å². The summed E-state index contributed by atoms with van der Waals surface area (Å²) in [6.45, 7) is 5.03. The van der Waals surface area contributed by atoms with E-state index in [4.69, 9.17) is 26.8 Å². The van der Waals surface area contributed by atoms with Gasteiger partial charge < -0.3 is 20.5 Å². The number of nitrogens with zero attached hydrogens (tertiary/aromatic N) is 3. The molecule has 3 atom stereocenters. The number of carbonyl (C=O) groups excluding carboxylic acids is 1. The van der Waals surface area contributed by atoms with E-state index in [1.54, 1.807) is 20.8 Å². The quantitative estimate of drug-likeness (QED) is 0.615. The Morgan fingerprint density at radius 2 is 2.12 bits per heavy atom. The van der Waals surface area contributed by atoms with Crippen LogP contribution in [-0.2, 0) is 10.3 Å². The van der Waals surface area contributed by atoms with Crippen LogP contribution in [0.5, 0.6) is 5.88 Å². The van der Waals surface area contributed by atoms with E-state index in [-0.39, 0.29) is 40.5 Å². The molecule has 2 heterocycles. The Kier molecular flexibility index (Phi) is 7.33. The van der Waals surface area contributed by atoms with Crippen molar-refractivity contribution in [2.45, 2.75) is 38.8 Å². The average Bonchev–Trinajstić information content (AvgIpc) is 2.78. The molecule has 0 saturated heterocycles. The highest BCUT2D eigenvalue weighted by atomic mass is 35.5. The second kappa shape index (κ2) is 10.0. The van der Waals surface area contributed by atoms with E-state index >= 15 is 0 Å². The average molecular weight is 478 g/mol. The van der Waals surface area contributed by atoms with Gasteiger partial charge in [-0.05, 0) is 32.0 Å². The van der Waals surface area contributed by atoms with Crippen molar-refractivity contribution in [2.24, 2.45) is 16.6 Å². The number of ether oxygens (including phenoxy) is 2. The summed E-state index contributed by atoms with van der Waals surface area (Å²) in [5.74, 6) is 4.24. The molecule has 1 aliphatic heterocycles. The standard InChI is InChI=1S/C22H22ClF2N5O3/c1-4-5-8-32-18-11-27-17(10-28-18)19(31)29-14-6-7-16(23)15(9-14)22(20(24)25)12(2)13(3)33-21(26)30-22/h6-7,9-13,20H,8H2,1-3H3,(H2,26,30)(H,29,31)/t12-,13+,22-/m1/s1. The SMILES string of the molecule is CC#CCOc1cnc(C(=O)Nc2ccc(Cl)c([C@]3(C(F)F)N=C(N)O[C@@H](C)[C@H]3C)c2)cn1. The normalized spacial score (nSPS) is 22.0. The van der Waals surface area contributed by atoms with Crippen molar-refractivity contribution in [3.63, 3.8) is 0 Å². The van der Waals surface area contributed by atoms with Crippen molar-refractivity contribution in [1.29, 1.82) is 0 Å². The van der Waals surface area contributed by atoms with E-state index in [9.17, 15) is 13.6 Å². The van der Waals surface area contributed by atoms with Gasteiger partial charge in [0.25, 0.3) is 18.4 Å². The third-order valence-electron chi connectivity index (χ3n) is 5.32. The van der Waals surface area contributed by atoms with E-state index in [0.717, 1.165) is 0 Å². The Morgan fingerprint density at radius 1 is 1.36 bits per heavy atom. The molecule has 33 heavy (non-hydrogen) atoms. The molecule has 1 aliphatic rings. The second-order valence-electron chi connectivity index (χ2n) is 7.29. The lowest BCUT2D eigenvalue weighted by molar-refractivity contribution is -0.0347. The number of hydrogen-bond donors (Lipinski definition) is 2. The molecule has 0 saturated carbocycles. The number of anilines is 1. The van der Waals surface area contributed by atoms with Gasteiger partial charge in [0.15, 0.2) is 12.1 Å². The lowest BCUT2D eigenvalue weighted by Crippen LogP contribution is -2.51. The number of carbonyl (C=O) groups is 1. The fraction of sp³-hybridized carbons (Fsp3) is 0.364. The molecule has 0 fully saturated rings. The number of nitrogens with two attached hydrogens (primary N) is 1. The maximum atomic E-state index is 14.4. The minimum atomic E-state index is -2.93. The summed E-state index contributed by atoms with van der Waals surface area (Å²) in [5.41, 5.74) is 3.88. The molecule has 3 N–H and O–H groups in total. The minimum absolute atomic E-state index is 0.000629. The molecule has 0 aliphatic carbocycles. The van der Waals surface area contributed by atoms with Gasteiger partial charge in [0.2, 0.25) is 5.88 Å². The van der Waals surface area contributed by atoms with Crippen molar-refractivity contribution < 1.29 is 23.0 Å². The lowest BCUT2D eigenvalue weighted by Gasteiger charge is -2.42. The molecule has 0 unspecified atom stereocenters. The number of benzene rings is 1. The maximum absolute atomic E-state index is 14.4. The van der Waals surface area contributed by atoms with Crippen LogP contribution in [0.15, 0.2) is 35.6 Å². The van der Waals surface area contributed by atoms with Crippen LogP contribution < -0.4 is 15.8 Å². The highest BCUT2D eigenvalue weighted by Gasteiger charge is 2.53. The van der Waals surface area contributed by atoms with Crippen LogP contribution >= 0.6 is 11.6 Å². The van der Waals surface area contributed by atoms with Gasteiger partial charge in [-0.3, -0.25) is 4.79 Å². The van der Waals surface area contributed by atoms with Crippen molar-refractivity contribution in [1.82, 2.24) is 9.97 Å². The minimum Gasteiger partial charge on any atom is -0.463 e. The van der Waals surface area contributed by atoms with E-state index < -0.39 is 29.9 Å². The molecular weight excluding hydrogens is 456 g/mol. The fourth-order valence-electron chi connectivity index (χ4n) is 3.43. The van der Waals surface area contributed by atoms with Crippen LogP contribution in [0, 0.1) is 17.8 Å². The summed E-state index contributed by atoms with van der Waals surface area (Å²) in [5, 5.41) is 2.67. The van der Waals surface area contributed by atoms with Gasteiger partial charge >= 0.3 is 0 Å². The molecule has 1 amide bonds. The predicted octanol–water partition coefficient (Wildman–Crippen LogP) is 3.61. The zero-order valence-electron chi connectivity index (χ0n) is 18.1. The molecule has 2 aromatic rings. The first-order valence-electron chi connectivity index (χ1n) is 9.95. The van der Waals surface area contributed by atoms with Gasteiger partial charge in [-0.25, -0.2) is 23.7 Å². The van der Waals surface area contributed by atoms with Gasteiger partial charge in [-0.15, -0.1) is 5.92 Å². The number of nitrogens with one attached hydrogen (secondary N) is 1. The Morgan fingerprint density at radius 3 is 2.76 bits per heavy atom. The van der Waals surface area contributed by atoms with Crippen molar-refractivity contribution in [2.75, 3.05) is 11.9 Å². The molecule has 0 radical (unpaired) electrons. The Labute approximate surface area is 194 Å². The predicted molar refractivity (Wildman–Crippen MR) is 119 cm³/mol. The smallest absolute Gasteiger partial charge is 0.283 e. The summed E-state index contributed by atoms with van der Waals surface area (Å²) >= 11 is 6.30. The van der Waals surface area contributed by atoms with E-state index in [1.165, 1.54) is 30.6 Å². The number of hydrogen-bond acceptors (Lipinski definition) is 7. The summed E-state index contributed by atoms with van der Waals surface area (Å²) in [7, 11) is 0. The van der Waals surface area contributed by atoms with Gasteiger partial charge in [-0.2, -0.15) is 0 Å². The van der Waals surface area contributed by atoms with E-state index in [0.29, 0.717) is 0 Å². The number of rotatable bonds is 6. The second-order valence-corrected chi connectivity index (χ2v) is 7.70. The molecule has 11 heteroatoms. The highest BCUT2D eigenvalue weighted by molar-refractivity contribution is 6.31. The number of aromatic nitrogens is 2. The number of amides is 1. The summed E-state index contributed by atoms with van der Waals surface area (Å²) in [6, 6.07) is 3.89. The van der Waals surface area contributed by atoms with E-state index in [2.05, 4.69) is 32.1 Å². The summed E-state index contributed by atoms with van der Waals surface area (Å²) in [4.78, 5) is 24.6. The molecule has 3 rings (SSSR count). The van der Waals surface area contributed by atoms with Crippen molar-refractivity contribution >= 4 is 29.2 Å². The van der Waals surface area contributed by atoms with Gasteiger partial charge in [0.1, 0.15) is 11.8 Å². The number of amidine groups is 1. The Balaban J connectivity index is 1.89. The molecule has 1 aromatic carbocycles. The van der Waals surface area contributed by atoms with Crippen LogP contribution in [0.1, 0.15) is 36.8 Å². The largest absolute Gasteiger partial charge is 0.463 e. The van der Waals surface area contributed by atoms with Gasteiger partial charge in [0.05, 0.1) is 12.4 Å². The molecular formula is C22H22ClF2N5O3. The number of alkyl halides is 2. The first-order valence-corrected chi connectivity index (χ1v) is 10.3. The van der Waals surface area contributed by atoms with Gasteiger partial charge in [-0.1, -0.05) is 24.4 Å². The lowest BCUT2D eigenvalue weighted by atomic mass is 9.76. The number of aliphatic imine (C=N–C) groups is 1. The van der Waals surface area contributed by atoms with Gasteiger partial charge in [0, 0.05) is 22.2 Å². The topological polar surface area (TPSA) is 112 Å². The third-order valence-corrected chi connectivity index (χ3v) is 5.65. The Bertz CT molecular complexity index is 1120.